The van der Waals surface area contributed by atoms with E-state index in [1.54, 1.807) is 25.8 Å². The fraction of sp³-hybridized carbons (Fsp3) is 0.158. The van der Waals surface area contributed by atoms with Crippen molar-refractivity contribution in [2.45, 2.75) is 13.5 Å². The van der Waals surface area contributed by atoms with E-state index in [1.807, 2.05) is 29.8 Å². The minimum absolute atomic E-state index is 0.521. The summed E-state index contributed by atoms with van der Waals surface area (Å²) in [6.07, 6.45) is 8.64. The van der Waals surface area contributed by atoms with E-state index < -0.39 is 0 Å². The number of imidazole rings is 1. The molecule has 0 amide bonds. The zero-order valence-electron chi connectivity index (χ0n) is 14.8. The van der Waals surface area contributed by atoms with Gasteiger partial charge in [0.1, 0.15) is 17.7 Å². The Bertz CT molecular complexity index is 1250. The molecule has 0 aliphatic rings. The molecule has 0 fully saturated rings. The zero-order chi connectivity index (χ0) is 18.4. The number of aryl methyl sites for hydroxylation is 1. The number of fused-ring (bicyclic) bond motifs is 2. The molecule has 0 bridgehead atoms. The average Bonchev–Trinajstić information content (AvgIpc) is 3.41. The Kier molecular flexibility index (Phi) is 3.43. The number of hydrogen-bond donors (Lipinski definition) is 0. The standard InChI is InChI=1S/C19H16N6O2/c1-12-23-18-16(25(12)9-13-4-6-27-10-13)7-14(8-20-18)24-5-3-15-17(24)19(26-2)22-11-21-15/h3-8,10-11H,9H2,1-2H3. The van der Waals surface area contributed by atoms with Gasteiger partial charge in [-0.15, -0.1) is 0 Å². The lowest BCUT2D eigenvalue weighted by Crippen LogP contribution is -2.02. The molecule has 0 saturated carbocycles. The summed E-state index contributed by atoms with van der Waals surface area (Å²) < 4.78 is 14.7. The number of ether oxygens (including phenoxy) is 1. The van der Waals surface area contributed by atoms with E-state index >= 15 is 0 Å². The largest absolute Gasteiger partial charge is 0.479 e. The number of rotatable bonds is 4. The van der Waals surface area contributed by atoms with Gasteiger partial charge in [0.25, 0.3) is 0 Å². The van der Waals surface area contributed by atoms with Crippen LogP contribution >= 0.6 is 0 Å². The minimum atomic E-state index is 0.521. The van der Waals surface area contributed by atoms with Crippen molar-refractivity contribution in [3.63, 3.8) is 0 Å². The molecule has 0 aliphatic heterocycles. The van der Waals surface area contributed by atoms with Crippen LogP contribution in [0.1, 0.15) is 11.4 Å². The molecule has 0 unspecified atom stereocenters. The number of methoxy groups -OCH3 is 1. The predicted molar refractivity (Wildman–Crippen MR) is 99.1 cm³/mol. The van der Waals surface area contributed by atoms with Crippen molar-refractivity contribution in [2.75, 3.05) is 7.11 Å². The van der Waals surface area contributed by atoms with Gasteiger partial charge in [0.15, 0.2) is 5.65 Å². The smallest absolute Gasteiger partial charge is 0.241 e. The van der Waals surface area contributed by atoms with Crippen LogP contribution in [0.5, 0.6) is 5.88 Å². The summed E-state index contributed by atoms with van der Waals surface area (Å²) >= 11 is 0. The Balaban J connectivity index is 1.69. The lowest BCUT2D eigenvalue weighted by Gasteiger charge is -2.09. The van der Waals surface area contributed by atoms with E-state index in [4.69, 9.17) is 9.15 Å². The summed E-state index contributed by atoms with van der Waals surface area (Å²) in [5.41, 5.74) is 5.23. The molecule has 27 heavy (non-hydrogen) atoms. The van der Waals surface area contributed by atoms with Gasteiger partial charge in [0.05, 0.1) is 49.1 Å². The Labute approximate surface area is 154 Å². The van der Waals surface area contributed by atoms with Gasteiger partial charge in [-0.25, -0.2) is 15.0 Å². The van der Waals surface area contributed by atoms with Gasteiger partial charge in [-0.2, -0.15) is 4.98 Å². The third-order valence-corrected chi connectivity index (χ3v) is 4.61. The van der Waals surface area contributed by atoms with E-state index in [-0.39, 0.29) is 0 Å². The van der Waals surface area contributed by atoms with E-state index in [2.05, 4.69) is 30.6 Å². The van der Waals surface area contributed by atoms with Crippen LogP contribution in [0.25, 0.3) is 27.9 Å². The fourth-order valence-electron chi connectivity index (χ4n) is 3.31. The maximum Gasteiger partial charge on any atom is 0.241 e. The molecule has 0 atom stereocenters. The van der Waals surface area contributed by atoms with Gasteiger partial charge in [0.2, 0.25) is 5.88 Å². The minimum Gasteiger partial charge on any atom is -0.479 e. The number of pyridine rings is 1. The van der Waals surface area contributed by atoms with Crippen LogP contribution in [0.4, 0.5) is 0 Å². The second-order valence-electron chi connectivity index (χ2n) is 6.22. The molecule has 0 N–H and O–H groups in total. The molecule has 0 saturated heterocycles. The summed E-state index contributed by atoms with van der Waals surface area (Å²) in [7, 11) is 1.60. The van der Waals surface area contributed by atoms with Crippen molar-refractivity contribution in [2.24, 2.45) is 0 Å². The van der Waals surface area contributed by atoms with Crippen molar-refractivity contribution >= 4 is 22.2 Å². The number of aromatic nitrogens is 6. The lowest BCUT2D eigenvalue weighted by molar-refractivity contribution is 0.401. The highest BCUT2D eigenvalue weighted by molar-refractivity contribution is 5.83. The van der Waals surface area contributed by atoms with Crippen LogP contribution in [-0.4, -0.2) is 36.2 Å². The first-order valence-electron chi connectivity index (χ1n) is 8.45. The fourth-order valence-corrected chi connectivity index (χ4v) is 3.31. The third-order valence-electron chi connectivity index (χ3n) is 4.61. The highest BCUT2D eigenvalue weighted by Gasteiger charge is 2.14. The highest BCUT2D eigenvalue weighted by Crippen LogP contribution is 2.27. The first-order valence-corrected chi connectivity index (χ1v) is 8.45. The third kappa shape index (κ3) is 2.45. The summed E-state index contributed by atoms with van der Waals surface area (Å²) in [6, 6.07) is 5.94. The second kappa shape index (κ2) is 5.94. The maximum absolute atomic E-state index is 5.41. The summed E-state index contributed by atoms with van der Waals surface area (Å²) in [4.78, 5) is 17.7. The van der Waals surface area contributed by atoms with Gasteiger partial charge < -0.3 is 18.3 Å². The van der Waals surface area contributed by atoms with Gasteiger partial charge >= 0.3 is 0 Å². The first-order chi connectivity index (χ1) is 13.2. The Morgan fingerprint density at radius 2 is 2.11 bits per heavy atom. The quantitative estimate of drug-likeness (QED) is 0.490. The van der Waals surface area contributed by atoms with E-state index in [0.29, 0.717) is 18.1 Å². The van der Waals surface area contributed by atoms with Crippen LogP contribution < -0.4 is 4.74 Å². The maximum atomic E-state index is 5.41. The van der Waals surface area contributed by atoms with Gasteiger partial charge in [0, 0.05) is 11.8 Å². The molecule has 0 aromatic carbocycles. The molecular formula is C19H16N6O2. The monoisotopic (exact) mass is 360 g/mol. The summed E-state index contributed by atoms with van der Waals surface area (Å²) in [5.74, 6) is 1.42. The van der Waals surface area contributed by atoms with Crippen LogP contribution in [0.15, 0.2) is 53.9 Å². The molecule has 5 rings (SSSR count). The van der Waals surface area contributed by atoms with Crippen molar-refractivity contribution in [1.29, 1.82) is 0 Å². The van der Waals surface area contributed by atoms with Gasteiger partial charge in [-0.05, 0) is 25.1 Å². The summed E-state index contributed by atoms with van der Waals surface area (Å²) in [6.45, 7) is 2.65. The van der Waals surface area contributed by atoms with E-state index in [1.165, 1.54) is 6.33 Å². The van der Waals surface area contributed by atoms with Crippen molar-refractivity contribution in [3.05, 3.63) is 60.8 Å². The second-order valence-corrected chi connectivity index (χ2v) is 6.22. The molecule has 0 spiro atoms. The van der Waals surface area contributed by atoms with Crippen LogP contribution in [0.2, 0.25) is 0 Å². The van der Waals surface area contributed by atoms with Crippen molar-refractivity contribution in [3.8, 4) is 11.6 Å². The van der Waals surface area contributed by atoms with Crippen LogP contribution in [0.3, 0.4) is 0 Å². The molecule has 5 aromatic rings. The normalized spacial score (nSPS) is 11.5. The molecule has 8 heteroatoms. The molecule has 5 aromatic heterocycles. The first kappa shape index (κ1) is 15.6. The highest BCUT2D eigenvalue weighted by atomic mass is 16.5. The van der Waals surface area contributed by atoms with Crippen LogP contribution in [0, 0.1) is 6.92 Å². The van der Waals surface area contributed by atoms with Crippen molar-refractivity contribution < 1.29 is 9.15 Å². The Morgan fingerprint density at radius 3 is 2.93 bits per heavy atom. The van der Waals surface area contributed by atoms with E-state index in [9.17, 15) is 0 Å². The SMILES string of the molecule is COc1ncnc2ccn(-c3cnc4nc(C)n(Cc5ccoc5)c4c3)c12. The lowest BCUT2D eigenvalue weighted by atomic mass is 10.3. The Hall–Kier alpha value is -3.68. The summed E-state index contributed by atoms with van der Waals surface area (Å²) in [5, 5.41) is 0. The van der Waals surface area contributed by atoms with Gasteiger partial charge in [-0.3, -0.25) is 0 Å². The molecular weight excluding hydrogens is 344 g/mol. The number of hydrogen-bond acceptors (Lipinski definition) is 6. The molecule has 0 aliphatic carbocycles. The number of nitrogens with zero attached hydrogens (tertiary/aromatic N) is 6. The number of furan rings is 1. The molecule has 0 radical (unpaired) electrons. The van der Waals surface area contributed by atoms with E-state index in [0.717, 1.165) is 33.6 Å². The Morgan fingerprint density at radius 1 is 1.19 bits per heavy atom. The average molecular weight is 360 g/mol. The zero-order valence-corrected chi connectivity index (χ0v) is 14.8. The van der Waals surface area contributed by atoms with Crippen molar-refractivity contribution in [1.82, 2.24) is 29.1 Å². The topological polar surface area (TPSA) is 83.8 Å². The predicted octanol–water partition coefficient (Wildman–Crippen LogP) is 3.12. The molecule has 5 heterocycles. The molecule has 8 nitrogen and oxygen atoms in total. The molecule has 134 valence electrons. The van der Waals surface area contributed by atoms with Crippen LogP contribution in [-0.2, 0) is 6.54 Å². The van der Waals surface area contributed by atoms with Gasteiger partial charge in [-0.1, -0.05) is 0 Å².